The fourth-order valence-electron chi connectivity index (χ4n) is 3.64. The summed E-state index contributed by atoms with van der Waals surface area (Å²) in [4.78, 5) is 35.6. The average molecular weight is 468 g/mol. The van der Waals surface area contributed by atoms with E-state index in [2.05, 4.69) is 4.74 Å². The van der Waals surface area contributed by atoms with Crippen LogP contribution in [0.15, 0.2) is 42.5 Å². The summed E-state index contributed by atoms with van der Waals surface area (Å²) >= 11 is 0. The van der Waals surface area contributed by atoms with Crippen LogP contribution in [0.25, 0.3) is 0 Å². The molecule has 1 N–H and O–H groups in total. The highest BCUT2D eigenvalue weighted by atomic mass is 19.4. The van der Waals surface area contributed by atoms with Gasteiger partial charge in [-0.05, 0) is 42.7 Å². The Labute approximate surface area is 185 Å². The van der Waals surface area contributed by atoms with Gasteiger partial charge in [0.2, 0.25) is 0 Å². The molecule has 0 radical (unpaired) electrons. The zero-order valence-corrected chi connectivity index (χ0v) is 17.2. The number of rotatable bonds is 5. The average Bonchev–Trinajstić information content (AvgIpc) is 2.74. The number of hydrogen-bond donors (Lipinski definition) is 1. The fourth-order valence-corrected chi connectivity index (χ4v) is 3.64. The molecular weight excluding hydrogens is 449 g/mol. The number of benzene rings is 2. The van der Waals surface area contributed by atoms with E-state index in [-0.39, 0.29) is 42.3 Å². The number of carboxylic acid groups (broad SMARTS) is 1. The van der Waals surface area contributed by atoms with Gasteiger partial charge in [0.25, 0.3) is 5.69 Å². The second kappa shape index (κ2) is 9.35. The third kappa shape index (κ3) is 6.11. The Morgan fingerprint density at radius 2 is 1.82 bits per heavy atom. The van der Waals surface area contributed by atoms with Crippen molar-refractivity contribution >= 4 is 17.7 Å². The van der Waals surface area contributed by atoms with Gasteiger partial charge in [0.15, 0.2) is 0 Å². The third-order valence-corrected chi connectivity index (χ3v) is 5.21. The summed E-state index contributed by atoms with van der Waals surface area (Å²) < 4.78 is 46.7. The number of amides is 1. The summed E-state index contributed by atoms with van der Waals surface area (Å²) in [5, 5.41) is 20.2. The molecule has 9 nitrogen and oxygen atoms in total. The lowest BCUT2D eigenvalue weighted by atomic mass is 9.84. The number of carbonyl (C=O) groups excluding carboxylic acids is 1. The minimum absolute atomic E-state index is 0.0455. The largest absolute Gasteiger partial charge is 0.573 e. The van der Waals surface area contributed by atoms with Crippen molar-refractivity contribution in [2.75, 3.05) is 13.1 Å². The second-order valence-corrected chi connectivity index (χ2v) is 7.56. The highest BCUT2D eigenvalue weighted by Crippen LogP contribution is 2.34. The van der Waals surface area contributed by atoms with E-state index in [1.165, 1.54) is 36.1 Å². The van der Waals surface area contributed by atoms with E-state index in [4.69, 9.17) is 4.74 Å². The number of nitro groups is 1. The molecule has 2 unspecified atom stereocenters. The van der Waals surface area contributed by atoms with E-state index in [0.717, 1.165) is 18.2 Å². The Bertz CT molecular complexity index is 1060. The Morgan fingerprint density at radius 3 is 2.36 bits per heavy atom. The first-order valence-electron chi connectivity index (χ1n) is 9.73. The van der Waals surface area contributed by atoms with Crippen LogP contribution in [0.5, 0.6) is 11.5 Å². The Kier molecular flexibility index (Phi) is 6.75. The lowest BCUT2D eigenvalue weighted by Crippen LogP contribution is -2.46. The number of hydrogen-bond acceptors (Lipinski definition) is 6. The van der Waals surface area contributed by atoms with Crippen molar-refractivity contribution in [3.63, 3.8) is 0 Å². The Morgan fingerprint density at radius 1 is 1.15 bits per heavy atom. The summed E-state index contributed by atoms with van der Waals surface area (Å²) in [5.41, 5.74) is 0.579. The number of non-ortho nitro benzene ring substituents is 1. The van der Waals surface area contributed by atoms with Crippen LogP contribution >= 0.6 is 0 Å². The number of halogens is 3. The van der Waals surface area contributed by atoms with Crippen LogP contribution in [0.2, 0.25) is 0 Å². The number of nitro benzene ring substituents is 1. The standard InChI is InChI=1S/C21H19F3N2O7/c1-12-8-13(2-7-18(12)33-21(22,23)24)14-9-15(19(27)28)11-25(10-14)20(29)32-17-5-3-16(4-6-17)26(30)31/h2-8,14-15H,9-11H2,1H3,(H,27,28). The van der Waals surface area contributed by atoms with Crippen LogP contribution in [0.4, 0.5) is 23.7 Å². The van der Waals surface area contributed by atoms with Gasteiger partial charge < -0.3 is 19.5 Å². The van der Waals surface area contributed by atoms with Crippen molar-refractivity contribution in [2.24, 2.45) is 5.92 Å². The smallest absolute Gasteiger partial charge is 0.481 e. The number of nitrogens with zero attached hydrogens (tertiary/aromatic N) is 2. The molecule has 12 heteroatoms. The molecule has 2 atom stereocenters. The van der Waals surface area contributed by atoms with E-state index in [1.807, 2.05) is 0 Å². The van der Waals surface area contributed by atoms with Crippen LogP contribution in [0.1, 0.15) is 23.5 Å². The van der Waals surface area contributed by atoms with Crippen LogP contribution in [-0.4, -0.2) is 46.4 Å². The van der Waals surface area contributed by atoms with Crippen molar-refractivity contribution in [1.82, 2.24) is 4.90 Å². The van der Waals surface area contributed by atoms with Gasteiger partial charge in [-0.15, -0.1) is 13.2 Å². The molecule has 1 aliphatic rings. The monoisotopic (exact) mass is 468 g/mol. The van der Waals surface area contributed by atoms with E-state index in [0.29, 0.717) is 5.56 Å². The minimum atomic E-state index is -4.84. The van der Waals surface area contributed by atoms with Crippen LogP contribution in [-0.2, 0) is 4.79 Å². The van der Waals surface area contributed by atoms with E-state index >= 15 is 0 Å². The summed E-state index contributed by atoms with van der Waals surface area (Å²) in [6, 6.07) is 8.84. The predicted octanol–water partition coefficient (Wildman–Crippen LogP) is 4.49. The van der Waals surface area contributed by atoms with Crippen molar-refractivity contribution in [1.29, 1.82) is 0 Å². The SMILES string of the molecule is Cc1cc(C2CC(C(=O)O)CN(C(=O)Oc3ccc([N+](=O)[O-])cc3)C2)ccc1OC(F)(F)F. The highest BCUT2D eigenvalue weighted by Gasteiger charge is 2.36. The highest BCUT2D eigenvalue weighted by molar-refractivity contribution is 5.75. The number of aryl methyl sites for hydroxylation is 1. The molecule has 1 amide bonds. The first kappa shape index (κ1) is 23.8. The van der Waals surface area contributed by atoms with Crippen molar-refractivity contribution in [2.45, 2.75) is 25.6 Å². The summed E-state index contributed by atoms with van der Waals surface area (Å²) in [6.07, 6.45) is -5.51. The molecule has 0 aliphatic carbocycles. The van der Waals surface area contributed by atoms with E-state index in [9.17, 15) is 38.0 Å². The molecule has 0 aromatic heterocycles. The van der Waals surface area contributed by atoms with Gasteiger partial charge in [0.1, 0.15) is 11.5 Å². The normalized spacial score (nSPS) is 18.5. The second-order valence-electron chi connectivity index (χ2n) is 7.56. The Hall–Kier alpha value is -3.83. The van der Waals surface area contributed by atoms with Crippen molar-refractivity contribution < 1.29 is 42.3 Å². The summed E-state index contributed by atoms with van der Waals surface area (Å²) in [5.74, 6) is -2.83. The molecule has 0 saturated carbocycles. The van der Waals surface area contributed by atoms with Crippen LogP contribution in [0.3, 0.4) is 0 Å². The maximum absolute atomic E-state index is 12.6. The van der Waals surface area contributed by atoms with E-state index in [1.54, 1.807) is 0 Å². The lowest BCUT2D eigenvalue weighted by Gasteiger charge is -2.35. The third-order valence-electron chi connectivity index (χ3n) is 5.21. The van der Waals surface area contributed by atoms with Gasteiger partial charge in [-0.2, -0.15) is 0 Å². The van der Waals surface area contributed by atoms with Crippen LogP contribution in [0, 0.1) is 23.0 Å². The first-order valence-corrected chi connectivity index (χ1v) is 9.73. The molecule has 1 aliphatic heterocycles. The molecule has 1 fully saturated rings. The van der Waals surface area contributed by atoms with Gasteiger partial charge in [-0.1, -0.05) is 12.1 Å². The minimum Gasteiger partial charge on any atom is -0.481 e. The van der Waals surface area contributed by atoms with Gasteiger partial charge >= 0.3 is 18.4 Å². The number of ether oxygens (including phenoxy) is 2. The van der Waals surface area contributed by atoms with Crippen molar-refractivity contribution in [3.8, 4) is 11.5 Å². The number of carboxylic acids is 1. The predicted molar refractivity (Wildman–Crippen MR) is 107 cm³/mol. The maximum Gasteiger partial charge on any atom is 0.573 e. The number of alkyl halides is 3. The number of piperidine rings is 1. The lowest BCUT2D eigenvalue weighted by molar-refractivity contribution is -0.384. The van der Waals surface area contributed by atoms with Gasteiger partial charge in [-0.25, -0.2) is 4.79 Å². The fraction of sp³-hybridized carbons (Fsp3) is 0.333. The van der Waals surface area contributed by atoms with Crippen molar-refractivity contribution in [3.05, 3.63) is 63.7 Å². The van der Waals surface area contributed by atoms with Gasteiger partial charge in [0.05, 0.1) is 10.8 Å². The molecule has 0 spiro atoms. The molecule has 176 valence electrons. The summed E-state index contributed by atoms with van der Waals surface area (Å²) in [6.45, 7) is 1.39. The molecule has 2 aromatic carbocycles. The Balaban J connectivity index is 1.77. The summed E-state index contributed by atoms with van der Waals surface area (Å²) in [7, 11) is 0. The molecular formula is C21H19F3N2O7. The topological polar surface area (TPSA) is 119 Å². The van der Waals surface area contributed by atoms with Gasteiger partial charge in [-0.3, -0.25) is 14.9 Å². The molecule has 1 heterocycles. The maximum atomic E-state index is 12.6. The zero-order valence-electron chi connectivity index (χ0n) is 17.2. The molecule has 2 aromatic rings. The molecule has 3 rings (SSSR count). The number of carbonyl (C=O) groups is 2. The zero-order chi connectivity index (χ0) is 24.3. The number of aliphatic carboxylic acids is 1. The molecule has 33 heavy (non-hydrogen) atoms. The first-order chi connectivity index (χ1) is 15.4. The molecule has 0 bridgehead atoms. The van der Waals surface area contributed by atoms with E-state index < -0.39 is 35.2 Å². The molecule has 1 saturated heterocycles. The van der Waals surface area contributed by atoms with Crippen LogP contribution < -0.4 is 9.47 Å². The number of likely N-dealkylation sites (tertiary alicyclic amines) is 1. The van der Waals surface area contributed by atoms with Gasteiger partial charge in [0, 0.05) is 31.1 Å². The quantitative estimate of drug-likeness (QED) is 0.507.